The summed E-state index contributed by atoms with van der Waals surface area (Å²) in [4.78, 5) is 15.8. The van der Waals surface area contributed by atoms with Crippen molar-refractivity contribution in [3.8, 4) is 0 Å². The van der Waals surface area contributed by atoms with E-state index in [0.29, 0.717) is 15.3 Å². The van der Waals surface area contributed by atoms with Crippen molar-refractivity contribution in [2.45, 2.75) is 13.3 Å². The molecule has 6 nitrogen and oxygen atoms in total. The number of amides is 1. The van der Waals surface area contributed by atoms with Crippen molar-refractivity contribution < 1.29 is 4.79 Å². The Labute approximate surface area is 120 Å². The van der Waals surface area contributed by atoms with E-state index < -0.39 is 0 Å². The highest BCUT2D eigenvalue weighted by atomic mass is 79.9. The summed E-state index contributed by atoms with van der Waals surface area (Å²) in [7, 11) is 0. The monoisotopic (exact) mass is 347 g/mol. The maximum atomic E-state index is 11.8. The Morgan fingerprint density at radius 1 is 1.39 bits per heavy atom. The number of thiazole rings is 1. The van der Waals surface area contributed by atoms with Gasteiger partial charge in [-0.15, -0.1) is 10.2 Å². The maximum absolute atomic E-state index is 11.8. The van der Waals surface area contributed by atoms with Gasteiger partial charge in [0.2, 0.25) is 10.1 Å². The lowest BCUT2D eigenvalue weighted by Gasteiger charge is -1.96. The van der Waals surface area contributed by atoms with E-state index in [4.69, 9.17) is 0 Å². The summed E-state index contributed by atoms with van der Waals surface area (Å²) < 4.78 is 0.861. The first kappa shape index (κ1) is 13.4. The first-order valence-electron chi connectivity index (χ1n) is 5.19. The zero-order valence-electron chi connectivity index (χ0n) is 9.44. The van der Waals surface area contributed by atoms with Crippen molar-refractivity contribution in [3.05, 3.63) is 15.0 Å². The van der Waals surface area contributed by atoms with Crippen LogP contribution in [0.4, 0.5) is 10.3 Å². The average molecular weight is 348 g/mol. The predicted octanol–water partition coefficient (Wildman–Crippen LogP) is 2.83. The Morgan fingerprint density at radius 3 is 2.89 bits per heavy atom. The first-order valence-corrected chi connectivity index (χ1v) is 7.61. The van der Waals surface area contributed by atoms with Crippen molar-refractivity contribution in [1.82, 2.24) is 15.2 Å². The van der Waals surface area contributed by atoms with Crippen LogP contribution in [0, 0.1) is 0 Å². The van der Waals surface area contributed by atoms with E-state index >= 15 is 0 Å². The lowest BCUT2D eigenvalue weighted by molar-refractivity contribution is 0.102. The highest BCUT2D eigenvalue weighted by Crippen LogP contribution is 2.24. The summed E-state index contributed by atoms with van der Waals surface area (Å²) in [6, 6.07) is 0. The van der Waals surface area contributed by atoms with Crippen molar-refractivity contribution in [2.75, 3.05) is 17.2 Å². The summed E-state index contributed by atoms with van der Waals surface area (Å²) in [5, 5.41) is 15.0. The molecule has 2 N–H and O–H groups in total. The Kier molecular flexibility index (Phi) is 4.61. The number of halogens is 1. The fourth-order valence-corrected chi connectivity index (χ4v) is 2.85. The van der Waals surface area contributed by atoms with Crippen LogP contribution in [0.3, 0.4) is 0 Å². The van der Waals surface area contributed by atoms with Gasteiger partial charge >= 0.3 is 0 Å². The van der Waals surface area contributed by atoms with Gasteiger partial charge in [0.1, 0.15) is 0 Å². The predicted molar refractivity (Wildman–Crippen MR) is 76.5 cm³/mol. The van der Waals surface area contributed by atoms with E-state index in [9.17, 15) is 4.79 Å². The molecule has 0 aromatic carbocycles. The van der Waals surface area contributed by atoms with Gasteiger partial charge in [0.05, 0.1) is 9.98 Å². The van der Waals surface area contributed by atoms with Crippen molar-refractivity contribution in [2.24, 2.45) is 0 Å². The van der Waals surface area contributed by atoms with Crippen LogP contribution in [0.1, 0.15) is 23.1 Å². The fraction of sp³-hybridized carbons (Fsp3) is 0.333. The number of hydrogen-bond acceptors (Lipinski definition) is 7. The van der Waals surface area contributed by atoms with Gasteiger partial charge in [0.25, 0.3) is 5.91 Å². The zero-order chi connectivity index (χ0) is 13.0. The molecule has 0 aliphatic carbocycles. The van der Waals surface area contributed by atoms with Gasteiger partial charge in [0, 0.05) is 6.54 Å². The molecule has 0 aliphatic rings. The van der Waals surface area contributed by atoms with Crippen molar-refractivity contribution >= 4 is 54.8 Å². The highest BCUT2D eigenvalue weighted by Gasteiger charge is 2.14. The standard InChI is InChI=1S/C9H10BrN5OS2/c1-2-3-11-9-15-14-7(18-9)6(16)13-8-12-4-5(10)17-8/h4H,2-3H2,1H3,(H,11,15)(H,12,13,16). The van der Waals surface area contributed by atoms with Gasteiger partial charge in [-0.25, -0.2) is 4.98 Å². The molecule has 0 spiro atoms. The van der Waals surface area contributed by atoms with Crippen molar-refractivity contribution in [1.29, 1.82) is 0 Å². The number of anilines is 2. The number of hydrogen-bond donors (Lipinski definition) is 2. The third kappa shape index (κ3) is 3.47. The zero-order valence-corrected chi connectivity index (χ0v) is 12.7. The minimum Gasteiger partial charge on any atom is -0.360 e. The second-order valence-electron chi connectivity index (χ2n) is 3.26. The highest BCUT2D eigenvalue weighted by molar-refractivity contribution is 9.11. The molecular formula is C9H10BrN5OS2. The number of aromatic nitrogens is 3. The van der Waals surface area contributed by atoms with Gasteiger partial charge in [-0.05, 0) is 22.4 Å². The molecule has 2 heterocycles. The minimum absolute atomic E-state index is 0.293. The van der Waals surface area contributed by atoms with E-state index in [1.54, 1.807) is 6.20 Å². The first-order chi connectivity index (χ1) is 8.69. The molecule has 0 unspecified atom stereocenters. The number of carbonyl (C=O) groups is 1. The van der Waals surface area contributed by atoms with Crippen LogP contribution < -0.4 is 10.6 Å². The van der Waals surface area contributed by atoms with Gasteiger partial charge in [0.15, 0.2) is 5.13 Å². The summed E-state index contributed by atoms with van der Waals surface area (Å²) >= 11 is 5.85. The van der Waals surface area contributed by atoms with Crippen LogP contribution in [-0.2, 0) is 0 Å². The quantitative estimate of drug-likeness (QED) is 0.869. The van der Waals surface area contributed by atoms with Crippen LogP contribution in [0.2, 0.25) is 0 Å². The SMILES string of the molecule is CCCNc1nnc(C(=O)Nc2ncc(Br)s2)s1. The number of rotatable bonds is 5. The third-order valence-corrected chi connectivity index (χ3v) is 4.11. The molecule has 0 saturated carbocycles. The Hall–Kier alpha value is -1.06. The molecule has 2 rings (SSSR count). The Bertz CT molecular complexity index is 541. The van der Waals surface area contributed by atoms with Crippen LogP contribution in [0.5, 0.6) is 0 Å². The lowest BCUT2D eigenvalue weighted by Crippen LogP contribution is -2.11. The molecule has 0 atom stereocenters. The molecule has 0 fully saturated rings. The summed E-state index contributed by atoms with van der Waals surface area (Å²) in [5.41, 5.74) is 0. The second kappa shape index (κ2) is 6.21. The number of nitrogens with one attached hydrogen (secondary N) is 2. The molecule has 96 valence electrons. The second-order valence-corrected chi connectivity index (χ2v) is 6.65. The van der Waals surface area contributed by atoms with Crippen LogP contribution in [0.25, 0.3) is 0 Å². The molecule has 9 heteroatoms. The largest absolute Gasteiger partial charge is 0.360 e. The molecule has 2 aromatic rings. The van der Waals surface area contributed by atoms with Crippen LogP contribution in [0.15, 0.2) is 9.98 Å². The molecule has 2 aromatic heterocycles. The van der Waals surface area contributed by atoms with E-state index in [1.165, 1.54) is 22.7 Å². The summed E-state index contributed by atoms with van der Waals surface area (Å²) in [6.07, 6.45) is 2.63. The molecule has 0 aliphatic heterocycles. The van der Waals surface area contributed by atoms with E-state index in [-0.39, 0.29) is 5.91 Å². The molecule has 0 radical (unpaired) electrons. The third-order valence-electron chi connectivity index (χ3n) is 1.84. The Morgan fingerprint density at radius 2 is 2.22 bits per heavy atom. The van der Waals surface area contributed by atoms with Gasteiger partial charge in [-0.2, -0.15) is 0 Å². The fourth-order valence-electron chi connectivity index (χ4n) is 1.08. The molecular weight excluding hydrogens is 338 g/mol. The Balaban J connectivity index is 1.98. The normalized spacial score (nSPS) is 10.3. The smallest absolute Gasteiger partial charge is 0.288 e. The van der Waals surface area contributed by atoms with Gasteiger partial charge in [-0.1, -0.05) is 29.6 Å². The average Bonchev–Trinajstić information content (AvgIpc) is 2.96. The number of carbonyl (C=O) groups excluding carboxylic acids is 1. The minimum atomic E-state index is -0.293. The summed E-state index contributed by atoms with van der Waals surface area (Å²) in [6.45, 7) is 2.87. The number of nitrogens with zero attached hydrogens (tertiary/aromatic N) is 3. The van der Waals surface area contributed by atoms with Gasteiger partial charge in [-0.3, -0.25) is 10.1 Å². The maximum Gasteiger partial charge on any atom is 0.288 e. The molecule has 18 heavy (non-hydrogen) atoms. The molecule has 0 bridgehead atoms. The summed E-state index contributed by atoms with van der Waals surface area (Å²) in [5.74, 6) is -0.293. The van der Waals surface area contributed by atoms with Gasteiger partial charge < -0.3 is 5.32 Å². The molecule has 1 amide bonds. The van der Waals surface area contributed by atoms with E-state index in [2.05, 4.69) is 48.7 Å². The van der Waals surface area contributed by atoms with Crippen LogP contribution >= 0.6 is 38.6 Å². The topological polar surface area (TPSA) is 79.8 Å². The van der Waals surface area contributed by atoms with Crippen molar-refractivity contribution in [3.63, 3.8) is 0 Å². The van der Waals surface area contributed by atoms with Crippen LogP contribution in [-0.4, -0.2) is 27.6 Å². The van der Waals surface area contributed by atoms with E-state index in [1.807, 2.05) is 0 Å². The molecule has 0 saturated heterocycles. The van der Waals surface area contributed by atoms with E-state index in [0.717, 1.165) is 16.8 Å². The lowest BCUT2D eigenvalue weighted by atomic mass is 10.5.